The zero-order valence-corrected chi connectivity index (χ0v) is 9.18. The second kappa shape index (κ2) is 5.61. The van der Waals surface area contributed by atoms with Crippen molar-refractivity contribution in [3.05, 3.63) is 0 Å². The molecule has 0 bridgehead atoms. The molecule has 1 saturated heterocycles. The van der Waals surface area contributed by atoms with Crippen molar-refractivity contribution < 1.29 is 4.74 Å². The van der Waals surface area contributed by atoms with Gasteiger partial charge >= 0.3 is 0 Å². The molecule has 2 nitrogen and oxygen atoms in total. The fraction of sp³-hybridized carbons (Fsp3) is 1.00. The van der Waals surface area contributed by atoms with Gasteiger partial charge in [-0.1, -0.05) is 13.8 Å². The molecule has 1 aliphatic heterocycles. The molecule has 13 heavy (non-hydrogen) atoms. The van der Waals surface area contributed by atoms with Gasteiger partial charge in [-0.25, -0.2) is 0 Å². The fourth-order valence-electron chi connectivity index (χ4n) is 2.24. The molecular weight excluding hydrogens is 162 g/mol. The van der Waals surface area contributed by atoms with Crippen LogP contribution >= 0.6 is 0 Å². The Hall–Kier alpha value is -0.0800. The first-order valence-corrected chi connectivity index (χ1v) is 5.43. The van der Waals surface area contributed by atoms with E-state index in [-0.39, 0.29) is 0 Å². The Balaban J connectivity index is 2.25. The van der Waals surface area contributed by atoms with Gasteiger partial charge in [-0.05, 0) is 43.7 Å². The first-order valence-electron chi connectivity index (χ1n) is 5.43. The molecule has 0 aromatic carbocycles. The smallest absolute Gasteiger partial charge is 0.0487 e. The topological polar surface area (TPSA) is 21.3 Å². The van der Waals surface area contributed by atoms with E-state index in [1.165, 1.54) is 25.9 Å². The predicted molar refractivity (Wildman–Crippen MR) is 55.8 cm³/mol. The van der Waals surface area contributed by atoms with Gasteiger partial charge in [0.1, 0.15) is 0 Å². The molecule has 1 fully saturated rings. The number of ether oxygens (including phenoxy) is 1. The molecular formula is C11H23NO. The van der Waals surface area contributed by atoms with Crippen LogP contribution in [0.1, 0.15) is 26.7 Å². The molecule has 1 rings (SSSR count). The summed E-state index contributed by atoms with van der Waals surface area (Å²) in [5.41, 5.74) is 0. The number of hydrogen-bond donors (Lipinski definition) is 1. The molecule has 1 N–H and O–H groups in total. The van der Waals surface area contributed by atoms with Crippen molar-refractivity contribution in [3.63, 3.8) is 0 Å². The minimum Gasteiger partial charge on any atom is -0.384 e. The summed E-state index contributed by atoms with van der Waals surface area (Å²) >= 11 is 0. The summed E-state index contributed by atoms with van der Waals surface area (Å²) in [6.07, 6.45) is 2.65. The van der Waals surface area contributed by atoms with Crippen molar-refractivity contribution in [2.45, 2.75) is 26.7 Å². The molecule has 0 amide bonds. The first kappa shape index (κ1) is 11.0. The van der Waals surface area contributed by atoms with E-state index in [4.69, 9.17) is 4.74 Å². The first-order chi connectivity index (χ1) is 6.24. The third-order valence-corrected chi connectivity index (χ3v) is 3.14. The average Bonchev–Trinajstić information content (AvgIpc) is 2.09. The van der Waals surface area contributed by atoms with Crippen LogP contribution in [0.2, 0.25) is 0 Å². The number of rotatable bonds is 4. The van der Waals surface area contributed by atoms with Crippen LogP contribution in [0.15, 0.2) is 0 Å². The van der Waals surface area contributed by atoms with E-state index in [1.807, 2.05) is 0 Å². The lowest BCUT2D eigenvalue weighted by atomic mass is 9.82. The highest BCUT2D eigenvalue weighted by atomic mass is 16.5. The Morgan fingerprint density at radius 3 is 2.92 bits per heavy atom. The predicted octanol–water partition coefficient (Wildman–Crippen LogP) is 1.90. The highest BCUT2D eigenvalue weighted by Crippen LogP contribution is 2.24. The van der Waals surface area contributed by atoms with Gasteiger partial charge in [0, 0.05) is 13.7 Å². The molecule has 2 heteroatoms. The Bertz CT molecular complexity index is 138. The standard InChI is InChI=1S/C11H23NO/c1-9(8-13-3)6-11-7-12-5-4-10(11)2/h9-12H,4-8H2,1-3H3. The maximum absolute atomic E-state index is 5.16. The van der Waals surface area contributed by atoms with Gasteiger partial charge in [-0.15, -0.1) is 0 Å². The summed E-state index contributed by atoms with van der Waals surface area (Å²) in [6.45, 7) is 7.98. The van der Waals surface area contributed by atoms with E-state index in [0.717, 1.165) is 18.4 Å². The minimum atomic E-state index is 0.706. The van der Waals surface area contributed by atoms with Crippen LogP contribution in [-0.2, 0) is 4.74 Å². The minimum absolute atomic E-state index is 0.706. The summed E-state index contributed by atoms with van der Waals surface area (Å²) in [4.78, 5) is 0. The molecule has 78 valence electrons. The largest absolute Gasteiger partial charge is 0.384 e. The van der Waals surface area contributed by atoms with Gasteiger partial charge < -0.3 is 10.1 Å². The van der Waals surface area contributed by atoms with Crippen LogP contribution in [0.5, 0.6) is 0 Å². The Labute approximate surface area is 82.0 Å². The third-order valence-electron chi connectivity index (χ3n) is 3.14. The second-order valence-corrected chi connectivity index (χ2v) is 4.53. The zero-order valence-electron chi connectivity index (χ0n) is 9.18. The van der Waals surface area contributed by atoms with E-state index in [9.17, 15) is 0 Å². The lowest BCUT2D eigenvalue weighted by Crippen LogP contribution is -2.36. The van der Waals surface area contributed by atoms with Gasteiger partial charge in [0.05, 0.1) is 0 Å². The van der Waals surface area contributed by atoms with Crippen molar-refractivity contribution in [1.82, 2.24) is 5.32 Å². The molecule has 1 aliphatic rings. The van der Waals surface area contributed by atoms with E-state index in [2.05, 4.69) is 19.2 Å². The molecule has 0 aromatic heterocycles. The molecule has 0 radical (unpaired) electrons. The monoisotopic (exact) mass is 185 g/mol. The fourth-order valence-corrected chi connectivity index (χ4v) is 2.24. The molecule has 0 saturated carbocycles. The van der Waals surface area contributed by atoms with Gasteiger partial charge in [-0.2, -0.15) is 0 Å². The second-order valence-electron chi connectivity index (χ2n) is 4.53. The van der Waals surface area contributed by atoms with Gasteiger partial charge in [0.15, 0.2) is 0 Å². The lowest BCUT2D eigenvalue weighted by molar-refractivity contribution is 0.131. The highest BCUT2D eigenvalue weighted by Gasteiger charge is 2.22. The molecule has 3 unspecified atom stereocenters. The third kappa shape index (κ3) is 3.65. The van der Waals surface area contributed by atoms with Gasteiger partial charge in [0.25, 0.3) is 0 Å². The quantitative estimate of drug-likeness (QED) is 0.722. The lowest BCUT2D eigenvalue weighted by Gasteiger charge is -2.31. The normalized spacial score (nSPS) is 31.6. The SMILES string of the molecule is COCC(C)CC1CNCCC1C. The molecule has 3 atom stereocenters. The number of nitrogens with one attached hydrogen (secondary N) is 1. The van der Waals surface area contributed by atoms with Crippen LogP contribution < -0.4 is 5.32 Å². The summed E-state index contributed by atoms with van der Waals surface area (Å²) in [7, 11) is 1.79. The van der Waals surface area contributed by atoms with Crippen molar-refractivity contribution in [2.24, 2.45) is 17.8 Å². The summed E-state index contributed by atoms with van der Waals surface area (Å²) in [5, 5.41) is 3.47. The molecule has 1 heterocycles. The van der Waals surface area contributed by atoms with E-state index in [0.29, 0.717) is 5.92 Å². The molecule has 0 aliphatic carbocycles. The van der Waals surface area contributed by atoms with Gasteiger partial charge in [0.2, 0.25) is 0 Å². The van der Waals surface area contributed by atoms with Crippen LogP contribution in [0.3, 0.4) is 0 Å². The van der Waals surface area contributed by atoms with Crippen LogP contribution in [-0.4, -0.2) is 26.8 Å². The van der Waals surface area contributed by atoms with Gasteiger partial charge in [-0.3, -0.25) is 0 Å². The van der Waals surface area contributed by atoms with Crippen molar-refractivity contribution >= 4 is 0 Å². The van der Waals surface area contributed by atoms with Crippen molar-refractivity contribution in [3.8, 4) is 0 Å². The summed E-state index contributed by atoms with van der Waals surface area (Å²) in [5.74, 6) is 2.46. The Morgan fingerprint density at radius 2 is 2.31 bits per heavy atom. The Morgan fingerprint density at radius 1 is 1.54 bits per heavy atom. The number of methoxy groups -OCH3 is 1. The van der Waals surface area contributed by atoms with E-state index < -0.39 is 0 Å². The van der Waals surface area contributed by atoms with Crippen molar-refractivity contribution in [2.75, 3.05) is 26.8 Å². The summed E-state index contributed by atoms with van der Waals surface area (Å²) < 4.78 is 5.16. The number of hydrogen-bond acceptors (Lipinski definition) is 2. The van der Waals surface area contributed by atoms with E-state index >= 15 is 0 Å². The maximum Gasteiger partial charge on any atom is 0.0487 e. The zero-order chi connectivity index (χ0) is 9.68. The number of piperidine rings is 1. The maximum atomic E-state index is 5.16. The van der Waals surface area contributed by atoms with Crippen LogP contribution in [0.4, 0.5) is 0 Å². The molecule has 0 spiro atoms. The van der Waals surface area contributed by atoms with Crippen molar-refractivity contribution in [1.29, 1.82) is 0 Å². The van der Waals surface area contributed by atoms with Crippen LogP contribution in [0, 0.1) is 17.8 Å². The summed E-state index contributed by atoms with van der Waals surface area (Å²) in [6, 6.07) is 0. The average molecular weight is 185 g/mol. The highest BCUT2D eigenvalue weighted by molar-refractivity contribution is 4.76. The molecule has 0 aromatic rings. The van der Waals surface area contributed by atoms with E-state index in [1.54, 1.807) is 7.11 Å². The van der Waals surface area contributed by atoms with Crippen LogP contribution in [0.25, 0.3) is 0 Å². The Kier molecular flexibility index (Phi) is 4.74.